The second kappa shape index (κ2) is 5.89. The SMILES string of the molecule is CCCN(CC)C(N)=NC1CCCC1. The second-order valence-corrected chi connectivity index (χ2v) is 4.01. The van der Waals surface area contributed by atoms with E-state index < -0.39 is 0 Å². The third-order valence-corrected chi connectivity index (χ3v) is 2.84. The summed E-state index contributed by atoms with van der Waals surface area (Å²) in [6, 6.07) is 0.501. The lowest BCUT2D eigenvalue weighted by molar-refractivity contribution is 0.429. The summed E-state index contributed by atoms with van der Waals surface area (Å²) in [4.78, 5) is 6.75. The van der Waals surface area contributed by atoms with Crippen LogP contribution in [0.3, 0.4) is 0 Å². The van der Waals surface area contributed by atoms with E-state index in [2.05, 4.69) is 23.7 Å². The molecule has 1 rings (SSSR count). The summed E-state index contributed by atoms with van der Waals surface area (Å²) in [5, 5.41) is 0. The smallest absolute Gasteiger partial charge is 0.191 e. The Morgan fingerprint density at radius 3 is 2.50 bits per heavy atom. The molecule has 0 aliphatic heterocycles. The molecule has 1 saturated carbocycles. The molecule has 0 spiro atoms. The third kappa shape index (κ3) is 3.20. The van der Waals surface area contributed by atoms with Crippen LogP contribution >= 0.6 is 0 Å². The van der Waals surface area contributed by atoms with Gasteiger partial charge in [0.15, 0.2) is 5.96 Å². The third-order valence-electron chi connectivity index (χ3n) is 2.84. The minimum absolute atomic E-state index is 0.501. The molecular formula is C11H23N3. The molecule has 0 heterocycles. The quantitative estimate of drug-likeness (QED) is 0.553. The fraction of sp³-hybridized carbons (Fsp3) is 0.909. The molecule has 0 atom stereocenters. The first-order valence-electron chi connectivity index (χ1n) is 5.86. The maximum absolute atomic E-state index is 5.97. The van der Waals surface area contributed by atoms with E-state index in [4.69, 9.17) is 5.73 Å². The van der Waals surface area contributed by atoms with Crippen LogP contribution in [0.5, 0.6) is 0 Å². The van der Waals surface area contributed by atoms with Gasteiger partial charge in [0.05, 0.1) is 6.04 Å². The minimum Gasteiger partial charge on any atom is -0.370 e. The Balaban J connectivity index is 2.46. The number of aliphatic imine (C=N–C) groups is 1. The van der Waals surface area contributed by atoms with Crippen molar-refractivity contribution in [3.63, 3.8) is 0 Å². The van der Waals surface area contributed by atoms with Gasteiger partial charge >= 0.3 is 0 Å². The molecule has 3 nitrogen and oxygen atoms in total. The Kier molecular flexibility index (Phi) is 4.77. The molecule has 1 aliphatic rings. The van der Waals surface area contributed by atoms with Crippen LogP contribution in [0.2, 0.25) is 0 Å². The van der Waals surface area contributed by atoms with E-state index in [9.17, 15) is 0 Å². The second-order valence-electron chi connectivity index (χ2n) is 4.01. The molecular weight excluding hydrogens is 174 g/mol. The molecule has 0 radical (unpaired) electrons. The lowest BCUT2D eigenvalue weighted by Crippen LogP contribution is -2.38. The zero-order valence-electron chi connectivity index (χ0n) is 9.50. The van der Waals surface area contributed by atoms with Gasteiger partial charge in [0.1, 0.15) is 0 Å². The first-order chi connectivity index (χ1) is 6.77. The van der Waals surface area contributed by atoms with Crippen LogP contribution in [0.15, 0.2) is 4.99 Å². The number of hydrogen-bond donors (Lipinski definition) is 1. The van der Waals surface area contributed by atoms with Crippen LogP contribution in [-0.2, 0) is 0 Å². The van der Waals surface area contributed by atoms with Crippen LogP contribution < -0.4 is 5.73 Å². The van der Waals surface area contributed by atoms with Crippen LogP contribution in [0, 0.1) is 0 Å². The minimum atomic E-state index is 0.501. The van der Waals surface area contributed by atoms with Crippen molar-refractivity contribution in [1.82, 2.24) is 4.90 Å². The Labute approximate surface area is 87.4 Å². The molecule has 2 N–H and O–H groups in total. The van der Waals surface area contributed by atoms with E-state index in [1.165, 1.54) is 25.7 Å². The number of guanidine groups is 1. The predicted octanol–water partition coefficient (Wildman–Crippen LogP) is 1.98. The topological polar surface area (TPSA) is 41.6 Å². The lowest BCUT2D eigenvalue weighted by Gasteiger charge is -2.21. The number of nitrogens with two attached hydrogens (primary N) is 1. The van der Waals surface area contributed by atoms with E-state index in [0.29, 0.717) is 6.04 Å². The highest BCUT2D eigenvalue weighted by atomic mass is 15.2. The summed E-state index contributed by atoms with van der Waals surface area (Å²) >= 11 is 0. The maximum Gasteiger partial charge on any atom is 0.191 e. The Morgan fingerprint density at radius 1 is 1.36 bits per heavy atom. The van der Waals surface area contributed by atoms with E-state index >= 15 is 0 Å². The van der Waals surface area contributed by atoms with Gasteiger partial charge in [0.2, 0.25) is 0 Å². The van der Waals surface area contributed by atoms with Crippen LogP contribution in [0.1, 0.15) is 46.0 Å². The molecule has 82 valence electrons. The van der Waals surface area contributed by atoms with Crippen LogP contribution in [-0.4, -0.2) is 30.0 Å². The van der Waals surface area contributed by atoms with Gasteiger partial charge in [-0.05, 0) is 26.2 Å². The van der Waals surface area contributed by atoms with Gasteiger partial charge < -0.3 is 10.6 Å². The average molecular weight is 197 g/mol. The van der Waals surface area contributed by atoms with Gasteiger partial charge in [-0.1, -0.05) is 19.8 Å². The molecule has 14 heavy (non-hydrogen) atoms. The van der Waals surface area contributed by atoms with Crippen molar-refractivity contribution in [3.05, 3.63) is 0 Å². The van der Waals surface area contributed by atoms with Crippen molar-refractivity contribution in [2.45, 2.75) is 52.0 Å². The summed E-state index contributed by atoms with van der Waals surface area (Å²) in [5.74, 6) is 0.751. The van der Waals surface area contributed by atoms with Crippen molar-refractivity contribution in [2.24, 2.45) is 10.7 Å². The zero-order valence-corrected chi connectivity index (χ0v) is 9.50. The van der Waals surface area contributed by atoms with Gasteiger partial charge in [-0.15, -0.1) is 0 Å². The van der Waals surface area contributed by atoms with E-state index in [1.807, 2.05) is 0 Å². The first-order valence-corrected chi connectivity index (χ1v) is 5.86. The molecule has 0 aromatic carbocycles. The fourth-order valence-electron chi connectivity index (χ4n) is 2.01. The summed E-state index contributed by atoms with van der Waals surface area (Å²) in [5.41, 5.74) is 5.97. The summed E-state index contributed by atoms with van der Waals surface area (Å²) in [6.07, 6.45) is 6.23. The van der Waals surface area contributed by atoms with Gasteiger partial charge in [0, 0.05) is 13.1 Å². The molecule has 3 heteroatoms. The standard InChI is InChI=1S/C11H23N3/c1-3-9-14(4-2)11(12)13-10-7-5-6-8-10/h10H,3-9H2,1-2H3,(H2,12,13). The number of nitrogens with zero attached hydrogens (tertiary/aromatic N) is 2. The number of rotatable bonds is 4. The summed E-state index contributed by atoms with van der Waals surface area (Å²) in [7, 11) is 0. The van der Waals surface area contributed by atoms with Gasteiger partial charge in [0.25, 0.3) is 0 Å². The van der Waals surface area contributed by atoms with Crippen LogP contribution in [0.25, 0.3) is 0 Å². The normalized spacial score (nSPS) is 18.9. The van der Waals surface area contributed by atoms with Crippen molar-refractivity contribution >= 4 is 5.96 Å². The molecule has 0 aromatic rings. The van der Waals surface area contributed by atoms with Crippen LogP contribution in [0.4, 0.5) is 0 Å². The highest BCUT2D eigenvalue weighted by Crippen LogP contribution is 2.20. The first kappa shape index (κ1) is 11.3. The Morgan fingerprint density at radius 2 is 2.00 bits per heavy atom. The van der Waals surface area contributed by atoms with Gasteiger partial charge in [-0.2, -0.15) is 0 Å². The number of hydrogen-bond acceptors (Lipinski definition) is 1. The van der Waals surface area contributed by atoms with Gasteiger partial charge in [-0.25, -0.2) is 4.99 Å². The fourth-order valence-corrected chi connectivity index (χ4v) is 2.01. The molecule has 0 aromatic heterocycles. The van der Waals surface area contributed by atoms with E-state index in [-0.39, 0.29) is 0 Å². The lowest BCUT2D eigenvalue weighted by atomic mass is 10.3. The van der Waals surface area contributed by atoms with Crippen molar-refractivity contribution in [2.75, 3.05) is 13.1 Å². The monoisotopic (exact) mass is 197 g/mol. The summed E-state index contributed by atoms with van der Waals surface area (Å²) in [6.45, 7) is 6.30. The van der Waals surface area contributed by atoms with Crippen molar-refractivity contribution in [1.29, 1.82) is 0 Å². The Bertz CT molecular complexity index is 183. The van der Waals surface area contributed by atoms with E-state index in [0.717, 1.165) is 25.5 Å². The average Bonchev–Trinajstić information content (AvgIpc) is 2.66. The molecule has 0 bridgehead atoms. The largest absolute Gasteiger partial charge is 0.370 e. The molecule has 1 fully saturated rings. The predicted molar refractivity (Wildman–Crippen MR) is 61.4 cm³/mol. The van der Waals surface area contributed by atoms with E-state index in [1.54, 1.807) is 0 Å². The zero-order chi connectivity index (χ0) is 10.4. The molecule has 0 unspecified atom stereocenters. The molecule has 0 saturated heterocycles. The highest BCUT2D eigenvalue weighted by molar-refractivity contribution is 5.78. The highest BCUT2D eigenvalue weighted by Gasteiger charge is 2.15. The molecule has 1 aliphatic carbocycles. The maximum atomic E-state index is 5.97. The van der Waals surface area contributed by atoms with Crippen molar-refractivity contribution in [3.8, 4) is 0 Å². The van der Waals surface area contributed by atoms with Gasteiger partial charge in [-0.3, -0.25) is 0 Å². The summed E-state index contributed by atoms with van der Waals surface area (Å²) < 4.78 is 0. The van der Waals surface area contributed by atoms with Crippen molar-refractivity contribution < 1.29 is 0 Å². The Hall–Kier alpha value is -0.730. The molecule has 0 amide bonds.